The van der Waals surface area contributed by atoms with E-state index < -0.39 is 11.6 Å². The van der Waals surface area contributed by atoms with Gasteiger partial charge in [-0.05, 0) is 12.5 Å². The van der Waals surface area contributed by atoms with Gasteiger partial charge in [0.15, 0.2) is 17.5 Å². The van der Waals surface area contributed by atoms with E-state index in [9.17, 15) is 8.78 Å². The smallest absolute Gasteiger partial charge is 0.183 e. The maximum Gasteiger partial charge on any atom is 0.183 e. The van der Waals surface area contributed by atoms with E-state index in [0.717, 1.165) is 25.0 Å². The van der Waals surface area contributed by atoms with E-state index in [2.05, 4.69) is 15.2 Å². The number of hydrogen-bond acceptors (Lipinski definition) is 3. The van der Waals surface area contributed by atoms with Crippen LogP contribution in [0.5, 0.6) is 0 Å². The normalized spacial score (nSPS) is 10.8. The highest BCUT2D eigenvalue weighted by Gasteiger charge is 2.13. The number of anilines is 1. The third-order valence-corrected chi connectivity index (χ3v) is 2.35. The lowest BCUT2D eigenvalue weighted by Gasteiger charge is -2.02. The van der Waals surface area contributed by atoms with Crippen molar-refractivity contribution in [2.75, 3.05) is 5.73 Å². The SMILES string of the molecule is CCCc1nc(-c2cc(F)c(F)cc2N)n[nH]1. The molecule has 0 spiro atoms. The van der Waals surface area contributed by atoms with Crippen molar-refractivity contribution < 1.29 is 8.78 Å². The number of nitrogens with zero attached hydrogens (tertiary/aromatic N) is 2. The zero-order valence-electron chi connectivity index (χ0n) is 9.30. The predicted molar refractivity (Wildman–Crippen MR) is 60.1 cm³/mol. The minimum Gasteiger partial charge on any atom is -0.398 e. The van der Waals surface area contributed by atoms with Crippen LogP contribution in [0.4, 0.5) is 14.5 Å². The second-order valence-corrected chi connectivity index (χ2v) is 3.71. The third-order valence-electron chi connectivity index (χ3n) is 2.35. The number of H-pyrrole nitrogens is 1. The van der Waals surface area contributed by atoms with Gasteiger partial charge in [0.25, 0.3) is 0 Å². The summed E-state index contributed by atoms with van der Waals surface area (Å²) >= 11 is 0. The van der Waals surface area contributed by atoms with Crippen LogP contribution in [0, 0.1) is 11.6 Å². The molecule has 1 aromatic carbocycles. The lowest BCUT2D eigenvalue weighted by molar-refractivity contribution is 0.509. The molecule has 0 aliphatic carbocycles. The van der Waals surface area contributed by atoms with Crippen LogP contribution >= 0.6 is 0 Å². The van der Waals surface area contributed by atoms with Crippen molar-refractivity contribution in [3.05, 3.63) is 29.6 Å². The Kier molecular flexibility index (Phi) is 3.03. The van der Waals surface area contributed by atoms with Gasteiger partial charge in [0.05, 0.1) is 0 Å². The summed E-state index contributed by atoms with van der Waals surface area (Å²) in [4.78, 5) is 4.17. The highest BCUT2D eigenvalue weighted by atomic mass is 19.2. The summed E-state index contributed by atoms with van der Waals surface area (Å²) in [5.74, 6) is -0.955. The van der Waals surface area contributed by atoms with Crippen LogP contribution in [0.3, 0.4) is 0 Å². The number of nitrogens with two attached hydrogens (primary N) is 1. The third kappa shape index (κ3) is 2.25. The van der Waals surface area contributed by atoms with Gasteiger partial charge in [0, 0.05) is 23.7 Å². The summed E-state index contributed by atoms with van der Waals surface area (Å²) in [6.07, 6.45) is 1.67. The van der Waals surface area contributed by atoms with Crippen molar-refractivity contribution >= 4 is 5.69 Å². The number of nitrogens with one attached hydrogen (secondary N) is 1. The summed E-state index contributed by atoms with van der Waals surface area (Å²) in [7, 11) is 0. The highest BCUT2D eigenvalue weighted by Crippen LogP contribution is 2.25. The molecule has 0 fully saturated rings. The quantitative estimate of drug-likeness (QED) is 0.806. The molecule has 0 radical (unpaired) electrons. The van der Waals surface area contributed by atoms with Crippen molar-refractivity contribution in [3.63, 3.8) is 0 Å². The molecule has 0 saturated heterocycles. The summed E-state index contributed by atoms with van der Waals surface area (Å²) < 4.78 is 26.0. The van der Waals surface area contributed by atoms with Gasteiger partial charge in [-0.15, -0.1) is 0 Å². The molecule has 0 amide bonds. The molecule has 1 heterocycles. The van der Waals surface area contributed by atoms with Gasteiger partial charge in [0.2, 0.25) is 0 Å². The molecular weight excluding hydrogens is 226 g/mol. The molecule has 2 aromatic rings. The van der Waals surface area contributed by atoms with E-state index in [1.54, 1.807) is 0 Å². The standard InChI is InChI=1S/C11H12F2N4/c1-2-3-10-15-11(17-16-10)6-4-7(12)8(13)5-9(6)14/h4-5H,2-3,14H2,1H3,(H,15,16,17). The Labute approximate surface area is 96.9 Å². The first kappa shape index (κ1) is 11.5. The second-order valence-electron chi connectivity index (χ2n) is 3.71. The lowest BCUT2D eigenvalue weighted by Crippen LogP contribution is -1.96. The number of halogens is 2. The average Bonchev–Trinajstić information content (AvgIpc) is 2.72. The van der Waals surface area contributed by atoms with Gasteiger partial charge in [-0.3, -0.25) is 5.10 Å². The molecule has 1 aromatic heterocycles. The molecule has 0 bridgehead atoms. The lowest BCUT2D eigenvalue weighted by atomic mass is 10.1. The Morgan fingerprint density at radius 1 is 1.29 bits per heavy atom. The molecule has 0 aliphatic rings. The van der Waals surface area contributed by atoms with Gasteiger partial charge in [-0.1, -0.05) is 6.92 Å². The van der Waals surface area contributed by atoms with Crippen LogP contribution in [-0.4, -0.2) is 15.2 Å². The summed E-state index contributed by atoms with van der Waals surface area (Å²) in [5.41, 5.74) is 6.02. The minimum atomic E-state index is -0.976. The monoisotopic (exact) mass is 238 g/mol. The summed E-state index contributed by atoms with van der Waals surface area (Å²) in [6.45, 7) is 2.01. The number of aryl methyl sites for hydroxylation is 1. The van der Waals surface area contributed by atoms with Crippen molar-refractivity contribution in [2.45, 2.75) is 19.8 Å². The maximum absolute atomic E-state index is 13.1. The van der Waals surface area contributed by atoms with Crippen LogP contribution in [0.15, 0.2) is 12.1 Å². The van der Waals surface area contributed by atoms with Crippen molar-refractivity contribution in [1.82, 2.24) is 15.2 Å². The molecule has 0 atom stereocenters. The van der Waals surface area contributed by atoms with E-state index in [-0.39, 0.29) is 11.5 Å². The Balaban J connectivity index is 2.41. The van der Waals surface area contributed by atoms with Crippen LogP contribution < -0.4 is 5.73 Å². The molecule has 17 heavy (non-hydrogen) atoms. The van der Waals surface area contributed by atoms with E-state index in [0.29, 0.717) is 11.4 Å². The zero-order chi connectivity index (χ0) is 12.4. The maximum atomic E-state index is 13.1. The van der Waals surface area contributed by atoms with E-state index in [1.807, 2.05) is 6.92 Å². The Bertz CT molecular complexity index is 536. The number of nitrogen functional groups attached to an aromatic ring is 1. The topological polar surface area (TPSA) is 67.6 Å². The average molecular weight is 238 g/mol. The number of rotatable bonds is 3. The van der Waals surface area contributed by atoms with Crippen LogP contribution in [0.25, 0.3) is 11.4 Å². The number of hydrogen-bond donors (Lipinski definition) is 2. The van der Waals surface area contributed by atoms with Gasteiger partial charge >= 0.3 is 0 Å². The fourth-order valence-electron chi connectivity index (χ4n) is 1.52. The zero-order valence-corrected chi connectivity index (χ0v) is 9.30. The highest BCUT2D eigenvalue weighted by molar-refractivity contribution is 5.71. The molecular formula is C11H12F2N4. The minimum absolute atomic E-state index is 0.117. The second kappa shape index (κ2) is 4.48. The van der Waals surface area contributed by atoms with Crippen LogP contribution in [0.2, 0.25) is 0 Å². The van der Waals surface area contributed by atoms with E-state index >= 15 is 0 Å². The van der Waals surface area contributed by atoms with Crippen molar-refractivity contribution in [2.24, 2.45) is 0 Å². The first-order chi connectivity index (χ1) is 8.11. The number of aromatic amines is 1. The molecule has 2 rings (SSSR count). The number of aromatic nitrogens is 3. The molecule has 0 saturated carbocycles. The van der Waals surface area contributed by atoms with Crippen molar-refractivity contribution in [3.8, 4) is 11.4 Å². The Morgan fingerprint density at radius 2 is 2.00 bits per heavy atom. The Morgan fingerprint density at radius 3 is 2.71 bits per heavy atom. The van der Waals surface area contributed by atoms with Crippen molar-refractivity contribution in [1.29, 1.82) is 0 Å². The number of benzene rings is 1. The first-order valence-electron chi connectivity index (χ1n) is 5.28. The summed E-state index contributed by atoms with van der Waals surface area (Å²) in [5, 5.41) is 6.67. The largest absolute Gasteiger partial charge is 0.398 e. The molecule has 0 aliphatic heterocycles. The molecule has 0 unspecified atom stereocenters. The Hall–Kier alpha value is -1.98. The fourth-order valence-corrected chi connectivity index (χ4v) is 1.52. The first-order valence-corrected chi connectivity index (χ1v) is 5.28. The fraction of sp³-hybridized carbons (Fsp3) is 0.273. The summed E-state index contributed by atoms with van der Waals surface area (Å²) in [6, 6.07) is 1.93. The van der Waals surface area contributed by atoms with Gasteiger partial charge in [-0.25, -0.2) is 13.8 Å². The van der Waals surface area contributed by atoms with Crippen LogP contribution in [0.1, 0.15) is 19.2 Å². The predicted octanol–water partition coefficient (Wildman–Crippen LogP) is 2.28. The van der Waals surface area contributed by atoms with Gasteiger partial charge < -0.3 is 5.73 Å². The molecule has 6 heteroatoms. The van der Waals surface area contributed by atoms with E-state index in [1.165, 1.54) is 0 Å². The molecule has 3 N–H and O–H groups in total. The van der Waals surface area contributed by atoms with Crippen LogP contribution in [-0.2, 0) is 6.42 Å². The van der Waals surface area contributed by atoms with Gasteiger partial charge in [0.1, 0.15) is 5.82 Å². The van der Waals surface area contributed by atoms with Gasteiger partial charge in [-0.2, -0.15) is 5.10 Å². The molecule has 90 valence electrons. The molecule has 4 nitrogen and oxygen atoms in total. The van der Waals surface area contributed by atoms with E-state index in [4.69, 9.17) is 5.73 Å².